The van der Waals surface area contributed by atoms with E-state index in [9.17, 15) is 4.79 Å². The van der Waals surface area contributed by atoms with Gasteiger partial charge < -0.3 is 5.32 Å². The van der Waals surface area contributed by atoms with Gasteiger partial charge in [0.05, 0.1) is 6.20 Å². The van der Waals surface area contributed by atoms with Crippen molar-refractivity contribution in [1.82, 2.24) is 10.2 Å². The summed E-state index contributed by atoms with van der Waals surface area (Å²) >= 11 is 3.41. The molecule has 0 saturated heterocycles. The van der Waals surface area contributed by atoms with Crippen LogP contribution in [0.25, 0.3) is 6.08 Å². The van der Waals surface area contributed by atoms with Gasteiger partial charge in [0.2, 0.25) is 5.91 Å². The van der Waals surface area contributed by atoms with Crippen LogP contribution in [-0.2, 0) is 4.79 Å². The summed E-state index contributed by atoms with van der Waals surface area (Å²) in [6, 6.07) is 9.37. The summed E-state index contributed by atoms with van der Waals surface area (Å²) in [5, 5.41) is 9.04. The van der Waals surface area contributed by atoms with Crippen molar-refractivity contribution < 1.29 is 4.79 Å². The van der Waals surface area contributed by atoms with Crippen molar-refractivity contribution in [1.29, 1.82) is 0 Å². The lowest BCUT2D eigenvalue weighted by atomic mass is 10.2. The lowest BCUT2D eigenvalue weighted by molar-refractivity contribution is -0.111. The van der Waals surface area contributed by atoms with E-state index in [-0.39, 0.29) is 5.91 Å². The number of hydrogen-bond donors (Lipinski definition) is 2. The summed E-state index contributed by atoms with van der Waals surface area (Å²) < 4.78 is 0.950. The molecular weight excluding hydrogens is 282 g/mol. The summed E-state index contributed by atoms with van der Waals surface area (Å²) in [4.78, 5) is 11.5. The molecule has 2 N–H and O–H groups in total. The number of anilines is 1. The second-order valence-electron chi connectivity index (χ2n) is 3.31. The van der Waals surface area contributed by atoms with E-state index in [4.69, 9.17) is 0 Å². The van der Waals surface area contributed by atoms with Gasteiger partial charge >= 0.3 is 0 Å². The molecule has 1 amide bonds. The summed E-state index contributed by atoms with van der Waals surface area (Å²) in [7, 11) is 0. The number of halogens is 1. The molecule has 0 aliphatic rings. The molecule has 0 spiro atoms. The molecule has 0 radical (unpaired) electrons. The Morgan fingerprint density at radius 3 is 2.88 bits per heavy atom. The standard InChI is InChI=1S/C12H10BrN3O/c13-10-4-2-1-3-9(10)5-6-12(17)15-11-7-8-14-16-11/h1-8H,(H2,14,15,16,17). The van der Waals surface area contributed by atoms with Crippen LogP contribution in [-0.4, -0.2) is 16.1 Å². The number of amides is 1. The molecule has 86 valence electrons. The van der Waals surface area contributed by atoms with Crippen LogP contribution < -0.4 is 5.32 Å². The number of H-pyrrole nitrogens is 1. The Kier molecular flexibility index (Phi) is 3.72. The van der Waals surface area contributed by atoms with Crippen LogP contribution in [0.1, 0.15) is 5.56 Å². The molecule has 0 fully saturated rings. The number of nitrogens with zero attached hydrogens (tertiary/aromatic N) is 1. The number of aromatic amines is 1. The van der Waals surface area contributed by atoms with Crippen molar-refractivity contribution in [3.63, 3.8) is 0 Å². The van der Waals surface area contributed by atoms with E-state index in [0.717, 1.165) is 10.0 Å². The molecule has 0 saturated carbocycles. The quantitative estimate of drug-likeness (QED) is 0.855. The fourth-order valence-electron chi connectivity index (χ4n) is 1.28. The SMILES string of the molecule is O=C(C=Cc1ccccc1Br)Nc1ccn[nH]1. The first-order valence-electron chi connectivity index (χ1n) is 4.98. The number of carbonyl (C=O) groups excluding carboxylic acids is 1. The Morgan fingerprint density at radius 2 is 2.18 bits per heavy atom. The fourth-order valence-corrected chi connectivity index (χ4v) is 1.69. The predicted octanol–water partition coefficient (Wildman–Crippen LogP) is 2.82. The van der Waals surface area contributed by atoms with Gasteiger partial charge in [0.25, 0.3) is 0 Å². The Labute approximate surface area is 107 Å². The van der Waals surface area contributed by atoms with Gasteiger partial charge in [-0.05, 0) is 17.7 Å². The van der Waals surface area contributed by atoms with E-state index in [0.29, 0.717) is 5.82 Å². The largest absolute Gasteiger partial charge is 0.307 e. The molecule has 0 aliphatic heterocycles. The number of rotatable bonds is 3. The van der Waals surface area contributed by atoms with Crippen LogP contribution in [0, 0.1) is 0 Å². The van der Waals surface area contributed by atoms with Crippen LogP contribution in [0.4, 0.5) is 5.82 Å². The molecule has 17 heavy (non-hydrogen) atoms. The highest BCUT2D eigenvalue weighted by molar-refractivity contribution is 9.10. The van der Waals surface area contributed by atoms with Crippen LogP contribution in [0.2, 0.25) is 0 Å². The molecule has 0 aliphatic carbocycles. The summed E-state index contributed by atoms with van der Waals surface area (Å²) in [5.74, 6) is 0.372. The highest BCUT2D eigenvalue weighted by Gasteiger charge is 1.99. The minimum absolute atomic E-state index is 0.204. The van der Waals surface area contributed by atoms with Gasteiger partial charge in [-0.15, -0.1) is 0 Å². The number of aromatic nitrogens is 2. The smallest absolute Gasteiger partial charge is 0.249 e. The Bertz CT molecular complexity index is 534. The third-order valence-corrected chi connectivity index (χ3v) is 2.80. The summed E-state index contributed by atoms with van der Waals surface area (Å²) in [5.41, 5.74) is 0.951. The molecule has 4 nitrogen and oxygen atoms in total. The van der Waals surface area contributed by atoms with Crippen molar-refractivity contribution in [2.75, 3.05) is 5.32 Å². The van der Waals surface area contributed by atoms with Gasteiger partial charge in [-0.25, -0.2) is 0 Å². The molecule has 1 heterocycles. The van der Waals surface area contributed by atoms with E-state index in [2.05, 4.69) is 31.4 Å². The molecule has 0 bridgehead atoms. The van der Waals surface area contributed by atoms with Gasteiger partial charge in [-0.1, -0.05) is 34.1 Å². The van der Waals surface area contributed by atoms with E-state index < -0.39 is 0 Å². The Hall–Kier alpha value is -1.88. The Balaban J connectivity index is 2.01. The Morgan fingerprint density at radius 1 is 1.35 bits per heavy atom. The number of hydrogen-bond acceptors (Lipinski definition) is 2. The maximum atomic E-state index is 11.5. The first-order chi connectivity index (χ1) is 8.25. The highest BCUT2D eigenvalue weighted by Crippen LogP contribution is 2.17. The van der Waals surface area contributed by atoms with E-state index in [1.807, 2.05) is 24.3 Å². The zero-order chi connectivity index (χ0) is 12.1. The molecule has 1 aromatic heterocycles. The number of nitrogens with one attached hydrogen (secondary N) is 2. The van der Waals surface area contributed by atoms with Crippen molar-refractivity contribution in [2.45, 2.75) is 0 Å². The van der Waals surface area contributed by atoms with Gasteiger partial charge in [0.15, 0.2) is 0 Å². The van der Waals surface area contributed by atoms with Gasteiger partial charge in [0.1, 0.15) is 5.82 Å². The van der Waals surface area contributed by atoms with Gasteiger partial charge in [-0.3, -0.25) is 9.89 Å². The van der Waals surface area contributed by atoms with Crippen LogP contribution >= 0.6 is 15.9 Å². The van der Waals surface area contributed by atoms with Gasteiger partial charge in [-0.2, -0.15) is 5.10 Å². The third-order valence-electron chi connectivity index (χ3n) is 2.08. The maximum absolute atomic E-state index is 11.5. The van der Waals surface area contributed by atoms with Crippen LogP contribution in [0.5, 0.6) is 0 Å². The number of benzene rings is 1. The minimum Gasteiger partial charge on any atom is -0.307 e. The predicted molar refractivity (Wildman–Crippen MR) is 70.4 cm³/mol. The van der Waals surface area contributed by atoms with E-state index >= 15 is 0 Å². The lowest BCUT2D eigenvalue weighted by Gasteiger charge is -1.98. The molecule has 2 rings (SSSR count). The zero-order valence-electron chi connectivity index (χ0n) is 8.85. The zero-order valence-corrected chi connectivity index (χ0v) is 10.4. The summed E-state index contributed by atoms with van der Waals surface area (Å²) in [6.07, 6.45) is 4.80. The fraction of sp³-hybridized carbons (Fsp3) is 0. The first kappa shape index (κ1) is 11.6. The summed E-state index contributed by atoms with van der Waals surface area (Å²) in [6.45, 7) is 0. The molecule has 5 heteroatoms. The lowest BCUT2D eigenvalue weighted by Crippen LogP contribution is -2.07. The average molecular weight is 292 g/mol. The highest BCUT2D eigenvalue weighted by atomic mass is 79.9. The van der Waals surface area contributed by atoms with Crippen molar-refractivity contribution in [2.24, 2.45) is 0 Å². The average Bonchev–Trinajstić information content (AvgIpc) is 2.81. The monoisotopic (exact) mass is 291 g/mol. The van der Waals surface area contributed by atoms with Crippen LogP contribution in [0.15, 0.2) is 47.1 Å². The van der Waals surface area contributed by atoms with E-state index in [1.165, 1.54) is 6.08 Å². The molecule has 2 aromatic rings. The van der Waals surface area contributed by atoms with Crippen molar-refractivity contribution in [3.8, 4) is 0 Å². The number of carbonyl (C=O) groups is 1. The third kappa shape index (κ3) is 3.29. The molecule has 0 atom stereocenters. The van der Waals surface area contributed by atoms with E-state index in [1.54, 1.807) is 18.3 Å². The maximum Gasteiger partial charge on any atom is 0.249 e. The minimum atomic E-state index is -0.204. The van der Waals surface area contributed by atoms with Crippen molar-refractivity contribution >= 4 is 33.7 Å². The van der Waals surface area contributed by atoms with Gasteiger partial charge in [0, 0.05) is 16.6 Å². The first-order valence-corrected chi connectivity index (χ1v) is 5.78. The normalized spacial score (nSPS) is 10.6. The molecule has 1 aromatic carbocycles. The topological polar surface area (TPSA) is 57.8 Å². The van der Waals surface area contributed by atoms with Crippen LogP contribution in [0.3, 0.4) is 0 Å². The second-order valence-corrected chi connectivity index (χ2v) is 4.17. The second kappa shape index (κ2) is 5.45. The molecular formula is C12H10BrN3O. The van der Waals surface area contributed by atoms with Crippen molar-refractivity contribution in [3.05, 3.63) is 52.6 Å². The molecule has 0 unspecified atom stereocenters.